The SMILES string of the molecule is COc1ccc(CNC(=O)CC[C@H]2CCCN(Cc3cnn(C(C)C)c3)C2)c(OC)c1. The zero-order valence-corrected chi connectivity index (χ0v) is 19.3. The van der Waals surface area contributed by atoms with E-state index in [4.69, 9.17) is 9.47 Å². The lowest BCUT2D eigenvalue weighted by Gasteiger charge is -2.32. The second-order valence-corrected chi connectivity index (χ2v) is 8.66. The van der Waals surface area contributed by atoms with Crippen LogP contribution in [0.5, 0.6) is 11.5 Å². The first-order valence-electron chi connectivity index (χ1n) is 11.2. The molecule has 1 aromatic heterocycles. The number of aromatic nitrogens is 2. The lowest BCUT2D eigenvalue weighted by molar-refractivity contribution is -0.121. The van der Waals surface area contributed by atoms with Gasteiger partial charge in [-0.15, -0.1) is 0 Å². The van der Waals surface area contributed by atoms with Gasteiger partial charge in [0.2, 0.25) is 5.91 Å². The minimum atomic E-state index is 0.0909. The number of piperidine rings is 1. The average molecular weight is 429 g/mol. The van der Waals surface area contributed by atoms with E-state index in [0.717, 1.165) is 43.1 Å². The third-order valence-electron chi connectivity index (χ3n) is 5.94. The fourth-order valence-electron chi connectivity index (χ4n) is 4.15. The third-order valence-corrected chi connectivity index (χ3v) is 5.94. The van der Waals surface area contributed by atoms with Crippen LogP contribution in [-0.4, -0.2) is 47.9 Å². The van der Waals surface area contributed by atoms with Crippen LogP contribution in [0, 0.1) is 5.92 Å². The number of rotatable bonds is 10. The minimum absolute atomic E-state index is 0.0909. The summed E-state index contributed by atoms with van der Waals surface area (Å²) in [7, 11) is 3.25. The van der Waals surface area contributed by atoms with E-state index in [9.17, 15) is 4.79 Å². The van der Waals surface area contributed by atoms with Crippen molar-refractivity contribution in [3.8, 4) is 11.5 Å². The van der Waals surface area contributed by atoms with E-state index in [1.165, 1.54) is 18.4 Å². The number of ether oxygens (including phenoxy) is 2. The highest BCUT2D eigenvalue weighted by Gasteiger charge is 2.21. The highest BCUT2D eigenvalue weighted by Crippen LogP contribution is 2.25. The van der Waals surface area contributed by atoms with E-state index in [1.54, 1.807) is 14.2 Å². The highest BCUT2D eigenvalue weighted by atomic mass is 16.5. The van der Waals surface area contributed by atoms with Crippen LogP contribution in [0.25, 0.3) is 0 Å². The Bertz CT molecular complexity index is 849. The minimum Gasteiger partial charge on any atom is -0.497 e. The van der Waals surface area contributed by atoms with Crippen LogP contribution in [0.1, 0.15) is 56.7 Å². The van der Waals surface area contributed by atoms with Gasteiger partial charge in [0.05, 0.1) is 20.4 Å². The molecule has 2 heterocycles. The number of methoxy groups -OCH3 is 2. The average Bonchev–Trinajstić information content (AvgIpc) is 3.25. The Balaban J connectivity index is 1.42. The monoisotopic (exact) mass is 428 g/mol. The van der Waals surface area contributed by atoms with Gasteiger partial charge in [-0.25, -0.2) is 0 Å². The molecular weight excluding hydrogens is 392 g/mol. The smallest absolute Gasteiger partial charge is 0.220 e. The van der Waals surface area contributed by atoms with E-state index >= 15 is 0 Å². The van der Waals surface area contributed by atoms with E-state index in [2.05, 4.69) is 35.4 Å². The normalized spacial score (nSPS) is 17.0. The molecule has 2 aromatic rings. The molecule has 1 amide bonds. The fourth-order valence-corrected chi connectivity index (χ4v) is 4.15. The van der Waals surface area contributed by atoms with Crippen LogP contribution in [0.4, 0.5) is 0 Å². The molecule has 0 unspecified atom stereocenters. The molecule has 1 saturated heterocycles. The van der Waals surface area contributed by atoms with Gasteiger partial charge in [-0.05, 0) is 57.7 Å². The van der Waals surface area contributed by atoms with E-state index in [-0.39, 0.29) is 5.91 Å². The molecule has 1 atom stereocenters. The molecule has 1 aliphatic heterocycles. The van der Waals surface area contributed by atoms with Crippen LogP contribution < -0.4 is 14.8 Å². The van der Waals surface area contributed by atoms with E-state index in [1.807, 2.05) is 29.1 Å². The van der Waals surface area contributed by atoms with Gasteiger partial charge in [0.25, 0.3) is 0 Å². The number of likely N-dealkylation sites (tertiary alicyclic amines) is 1. The molecule has 0 bridgehead atoms. The van der Waals surface area contributed by atoms with Gasteiger partial charge in [-0.3, -0.25) is 14.4 Å². The Hall–Kier alpha value is -2.54. The van der Waals surface area contributed by atoms with Crippen LogP contribution in [0.3, 0.4) is 0 Å². The fraction of sp³-hybridized carbons (Fsp3) is 0.583. The summed E-state index contributed by atoms with van der Waals surface area (Å²) in [4.78, 5) is 14.9. The Labute approximate surface area is 185 Å². The number of amides is 1. The lowest BCUT2D eigenvalue weighted by atomic mass is 9.93. The maximum Gasteiger partial charge on any atom is 0.220 e. The van der Waals surface area contributed by atoms with Gasteiger partial charge in [-0.2, -0.15) is 5.10 Å². The number of nitrogens with zero attached hydrogens (tertiary/aromatic N) is 3. The third kappa shape index (κ3) is 6.72. The molecule has 0 saturated carbocycles. The molecule has 1 aromatic carbocycles. The molecule has 1 fully saturated rings. The Morgan fingerprint density at radius 2 is 2.13 bits per heavy atom. The Morgan fingerprint density at radius 3 is 2.84 bits per heavy atom. The maximum absolute atomic E-state index is 12.4. The summed E-state index contributed by atoms with van der Waals surface area (Å²) in [6, 6.07) is 6.03. The van der Waals surface area contributed by atoms with E-state index < -0.39 is 0 Å². The molecule has 0 radical (unpaired) electrons. The molecular formula is C24H36N4O3. The van der Waals surface area contributed by atoms with Gasteiger partial charge in [-0.1, -0.05) is 0 Å². The zero-order valence-electron chi connectivity index (χ0n) is 19.3. The first kappa shape index (κ1) is 23.1. The number of carbonyl (C=O) groups is 1. The van der Waals surface area contributed by atoms with Gasteiger partial charge < -0.3 is 14.8 Å². The molecule has 170 valence electrons. The second-order valence-electron chi connectivity index (χ2n) is 8.66. The first-order chi connectivity index (χ1) is 15.0. The van der Waals surface area contributed by atoms with Crippen molar-refractivity contribution in [3.05, 3.63) is 41.7 Å². The van der Waals surface area contributed by atoms with Crippen molar-refractivity contribution in [1.82, 2.24) is 20.0 Å². The summed E-state index contributed by atoms with van der Waals surface area (Å²) in [6.07, 6.45) is 7.99. The molecule has 3 rings (SSSR count). The van der Waals surface area contributed by atoms with Crippen molar-refractivity contribution in [3.63, 3.8) is 0 Å². The summed E-state index contributed by atoms with van der Waals surface area (Å²) < 4.78 is 12.6. The zero-order chi connectivity index (χ0) is 22.2. The molecule has 0 spiro atoms. The molecule has 31 heavy (non-hydrogen) atoms. The number of hydrogen-bond donors (Lipinski definition) is 1. The van der Waals surface area contributed by atoms with Crippen molar-refractivity contribution in [2.75, 3.05) is 27.3 Å². The van der Waals surface area contributed by atoms with Crippen molar-refractivity contribution in [1.29, 1.82) is 0 Å². The number of nitrogens with one attached hydrogen (secondary N) is 1. The predicted octanol–water partition coefficient (Wildman–Crippen LogP) is 3.79. The van der Waals surface area contributed by atoms with Crippen molar-refractivity contribution in [2.45, 2.75) is 58.7 Å². The summed E-state index contributed by atoms with van der Waals surface area (Å²) in [5.74, 6) is 2.12. The lowest BCUT2D eigenvalue weighted by Crippen LogP contribution is -2.35. The van der Waals surface area contributed by atoms with Crippen molar-refractivity contribution < 1.29 is 14.3 Å². The summed E-state index contributed by atoms with van der Waals surface area (Å²) in [5, 5.41) is 7.48. The first-order valence-corrected chi connectivity index (χ1v) is 11.2. The predicted molar refractivity (Wildman–Crippen MR) is 121 cm³/mol. The van der Waals surface area contributed by atoms with Gasteiger partial charge >= 0.3 is 0 Å². The topological polar surface area (TPSA) is 68.6 Å². The molecule has 1 aliphatic rings. The largest absolute Gasteiger partial charge is 0.497 e. The Kier molecular flexibility index (Phi) is 8.35. The second kappa shape index (κ2) is 11.2. The van der Waals surface area contributed by atoms with Crippen molar-refractivity contribution in [2.24, 2.45) is 5.92 Å². The Morgan fingerprint density at radius 1 is 1.29 bits per heavy atom. The van der Waals surface area contributed by atoms with E-state index in [0.29, 0.717) is 24.9 Å². The van der Waals surface area contributed by atoms with Crippen LogP contribution in [-0.2, 0) is 17.9 Å². The highest BCUT2D eigenvalue weighted by molar-refractivity contribution is 5.75. The number of carbonyl (C=O) groups excluding carboxylic acids is 1. The van der Waals surface area contributed by atoms with Crippen LogP contribution in [0.15, 0.2) is 30.6 Å². The molecule has 7 heteroatoms. The van der Waals surface area contributed by atoms with Crippen molar-refractivity contribution >= 4 is 5.91 Å². The quantitative estimate of drug-likeness (QED) is 0.624. The molecule has 1 N–H and O–H groups in total. The van der Waals surface area contributed by atoms with Gasteiger partial charge in [0, 0.05) is 55.5 Å². The number of hydrogen-bond acceptors (Lipinski definition) is 5. The maximum atomic E-state index is 12.4. The standard InChI is InChI=1S/C24H36N4O3/c1-18(2)28-17-20(13-26-28)16-27-11-5-6-19(15-27)7-10-24(29)25-14-21-8-9-22(30-3)12-23(21)31-4/h8-9,12-13,17-19H,5-7,10-11,14-16H2,1-4H3,(H,25,29)/t19-/m1/s1. The molecule has 7 nitrogen and oxygen atoms in total. The summed E-state index contributed by atoms with van der Waals surface area (Å²) in [6.45, 7) is 7.85. The van der Waals surface area contributed by atoms with Crippen LogP contribution in [0.2, 0.25) is 0 Å². The number of benzene rings is 1. The van der Waals surface area contributed by atoms with Crippen LogP contribution >= 0.6 is 0 Å². The van der Waals surface area contributed by atoms with Gasteiger partial charge in [0.15, 0.2) is 0 Å². The van der Waals surface area contributed by atoms with Gasteiger partial charge in [0.1, 0.15) is 11.5 Å². The molecule has 0 aliphatic carbocycles. The summed E-state index contributed by atoms with van der Waals surface area (Å²) >= 11 is 0. The summed E-state index contributed by atoms with van der Waals surface area (Å²) in [5.41, 5.74) is 2.21.